The van der Waals surface area contributed by atoms with E-state index in [1.165, 1.54) is 19.2 Å². The van der Waals surface area contributed by atoms with Crippen molar-refractivity contribution in [3.8, 4) is 5.75 Å². The van der Waals surface area contributed by atoms with Gasteiger partial charge in [-0.05, 0) is 23.2 Å². The van der Waals surface area contributed by atoms with Gasteiger partial charge in [-0.15, -0.1) is 0 Å². The molecule has 1 rings (SSSR count). The summed E-state index contributed by atoms with van der Waals surface area (Å²) in [5.41, 5.74) is 0.611. The van der Waals surface area contributed by atoms with Gasteiger partial charge in [-0.1, -0.05) is 6.07 Å². The average Bonchev–Trinajstić information content (AvgIpc) is 2.28. The molecule has 0 aliphatic heterocycles. The predicted molar refractivity (Wildman–Crippen MR) is 58.5 cm³/mol. The fourth-order valence-electron chi connectivity index (χ4n) is 1.34. The zero-order valence-corrected chi connectivity index (χ0v) is 9.27. The lowest BCUT2D eigenvalue weighted by molar-refractivity contribution is 0.0100. The second-order valence-electron chi connectivity index (χ2n) is 3.34. The molecule has 0 heterocycles. The maximum Gasteiger partial charge on any atom is 0.488 e. The monoisotopic (exact) mass is 246 g/mol. The summed E-state index contributed by atoms with van der Waals surface area (Å²) in [6.07, 6.45) is -2.55. The molecular weight excluding hydrogens is 233 g/mol. The lowest BCUT2D eigenvalue weighted by Gasteiger charge is -2.11. The summed E-state index contributed by atoms with van der Waals surface area (Å²) < 4.78 is 33.5. The first-order valence-corrected chi connectivity index (χ1v) is 4.93. The molecule has 0 bridgehead atoms. The van der Waals surface area contributed by atoms with E-state index in [0.29, 0.717) is 11.3 Å². The molecule has 0 amide bonds. The Kier molecular flexibility index (Phi) is 5.34. The third kappa shape index (κ3) is 4.30. The maximum absolute atomic E-state index is 11.9. The van der Waals surface area contributed by atoms with Crippen molar-refractivity contribution in [2.24, 2.45) is 0 Å². The maximum atomic E-state index is 11.9. The highest BCUT2D eigenvalue weighted by Gasteiger charge is 2.17. The molecule has 0 radical (unpaired) electrons. The van der Waals surface area contributed by atoms with Gasteiger partial charge in [0, 0.05) is 0 Å². The quantitative estimate of drug-likeness (QED) is 0.702. The molecule has 2 N–H and O–H groups in total. The van der Waals surface area contributed by atoms with E-state index in [1.54, 1.807) is 6.07 Å². The lowest BCUT2D eigenvalue weighted by atomic mass is 9.77. The highest BCUT2D eigenvalue weighted by molar-refractivity contribution is 6.59. The summed E-state index contributed by atoms with van der Waals surface area (Å²) in [5, 5.41) is 18.2. The summed E-state index contributed by atoms with van der Waals surface area (Å²) in [7, 11) is -0.222. The van der Waals surface area contributed by atoms with E-state index < -0.39 is 20.2 Å². The molecule has 0 aliphatic carbocycles. The molecule has 0 spiro atoms. The Morgan fingerprint density at radius 3 is 2.59 bits per heavy atom. The van der Waals surface area contributed by atoms with E-state index in [9.17, 15) is 8.78 Å². The zero-order valence-electron chi connectivity index (χ0n) is 9.27. The van der Waals surface area contributed by atoms with E-state index in [0.717, 1.165) is 0 Å². The molecule has 0 aliphatic rings. The molecule has 94 valence electrons. The molecule has 1 aromatic rings. The van der Waals surface area contributed by atoms with Crippen molar-refractivity contribution < 1.29 is 28.3 Å². The molecule has 1 aromatic carbocycles. The molecule has 17 heavy (non-hydrogen) atoms. The summed E-state index contributed by atoms with van der Waals surface area (Å²) >= 11 is 0. The van der Waals surface area contributed by atoms with Gasteiger partial charge in [0.15, 0.2) is 0 Å². The van der Waals surface area contributed by atoms with Gasteiger partial charge in [-0.25, -0.2) is 8.78 Å². The van der Waals surface area contributed by atoms with Crippen LogP contribution in [0.1, 0.15) is 5.56 Å². The van der Waals surface area contributed by atoms with Crippen LogP contribution in [0.2, 0.25) is 0 Å². The fraction of sp³-hybridized carbons (Fsp3) is 0.400. The second kappa shape index (κ2) is 6.53. The van der Waals surface area contributed by atoms with Crippen molar-refractivity contribution >= 4 is 12.6 Å². The Morgan fingerprint density at radius 1 is 1.35 bits per heavy atom. The van der Waals surface area contributed by atoms with Crippen molar-refractivity contribution in [3.05, 3.63) is 23.8 Å². The molecule has 0 fully saturated rings. The highest BCUT2D eigenvalue weighted by Crippen LogP contribution is 2.12. The van der Waals surface area contributed by atoms with E-state index in [2.05, 4.69) is 0 Å². The van der Waals surface area contributed by atoms with Crippen molar-refractivity contribution in [2.75, 3.05) is 13.7 Å². The van der Waals surface area contributed by atoms with Crippen LogP contribution in [0.5, 0.6) is 5.75 Å². The van der Waals surface area contributed by atoms with Crippen molar-refractivity contribution in [3.63, 3.8) is 0 Å². The molecule has 0 saturated heterocycles. The number of alkyl halides is 2. The predicted octanol–water partition coefficient (Wildman–Crippen LogP) is 0.157. The smallest absolute Gasteiger partial charge is 0.488 e. The van der Waals surface area contributed by atoms with E-state index >= 15 is 0 Å². The molecule has 7 heteroatoms. The standard InChI is InChI=1S/C10H13BF2O4/c1-16-8-2-3-9(11(14)15)7(4-8)5-17-6-10(12)13/h2-4,10,14-15H,5-6H2,1H3. The molecule has 4 nitrogen and oxygen atoms in total. The van der Waals surface area contributed by atoms with Crippen LogP contribution in [0.15, 0.2) is 18.2 Å². The van der Waals surface area contributed by atoms with Crippen LogP contribution in [-0.4, -0.2) is 37.3 Å². The van der Waals surface area contributed by atoms with Gasteiger partial charge in [-0.2, -0.15) is 0 Å². The normalized spacial score (nSPS) is 10.7. The van der Waals surface area contributed by atoms with Crippen LogP contribution in [0.25, 0.3) is 0 Å². The Labute approximate surface area is 97.9 Å². The summed E-state index contributed by atoms with van der Waals surface area (Å²) in [6, 6.07) is 4.51. The minimum Gasteiger partial charge on any atom is -0.497 e. The molecule has 0 unspecified atom stereocenters. The van der Waals surface area contributed by atoms with Crippen LogP contribution in [-0.2, 0) is 11.3 Å². The third-order valence-corrected chi connectivity index (χ3v) is 2.13. The van der Waals surface area contributed by atoms with E-state index in [-0.39, 0.29) is 12.1 Å². The van der Waals surface area contributed by atoms with Gasteiger partial charge in [-0.3, -0.25) is 0 Å². The van der Waals surface area contributed by atoms with Crippen LogP contribution in [0.3, 0.4) is 0 Å². The number of hydrogen-bond acceptors (Lipinski definition) is 4. The molecular formula is C10H13BF2O4. The number of benzene rings is 1. The number of halogens is 2. The first kappa shape index (κ1) is 13.9. The Morgan fingerprint density at radius 2 is 2.06 bits per heavy atom. The second-order valence-corrected chi connectivity index (χ2v) is 3.34. The summed E-state index contributed by atoms with van der Waals surface area (Å²) in [4.78, 5) is 0. The van der Waals surface area contributed by atoms with E-state index in [1.807, 2.05) is 0 Å². The van der Waals surface area contributed by atoms with Crippen LogP contribution < -0.4 is 10.2 Å². The van der Waals surface area contributed by atoms with Crippen molar-refractivity contribution in [1.82, 2.24) is 0 Å². The molecule has 0 saturated carbocycles. The highest BCUT2D eigenvalue weighted by atomic mass is 19.3. The van der Waals surface area contributed by atoms with Crippen molar-refractivity contribution in [1.29, 1.82) is 0 Å². The average molecular weight is 246 g/mol. The zero-order chi connectivity index (χ0) is 12.8. The van der Waals surface area contributed by atoms with Crippen molar-refractivity contribution in [2.45, 2.75) is 13.0 Å². The Hall–Kier alpha value is -1.18. The third-order valence-electron chi connectivity index (χ3n) is 2.13. The lowest BCUT2D eigenvalue weighted by Crippen LogP contribution is -2.33. The number of hydrogen-bond donors (Lipinski definition) is 2. The summed E-state index contributed by atoms with van der Waals surface area (Å²) in [5.74, 6) is 0.491. The first-order valence-electron chi connectivity index (χ1n) is 4.93. The number of methoxy groups -OCH3 is 1. The Balaban J connectivity index is 2.78. The molecule has 0 atom stereocenters. The first-order chi connectivity index (χ1) is 8.04. The molecule has 0 aromatic heterocycles. The minimum atomic E-state index is -2.55. The minimum absolute atomic E-state index is 0.130. The van der Waals surface area contributed by atoms with Gasteiger partial charge in [0.25, 0.3) is 6.43 Å². The van der Waals surface area contributed by atoms with Gasteiger partial charge in [0.1, 0.15) is 12.4 Å². The van der Waals surface area contributed by atoms with Crippen LogP contribution >= 0.6 is 0 Å². The van der Waals surface area contributed by atoms with Gasteiger partial charge >= 0.3 is 7.12 Å². The fourth-order valence-corrected chi connectivity index (χ4v) is 1.34. The largest absolute Gasteiger partial charge is 0.497 e. The number of rotatable bonds is 6. The topological polar surface area (TPSA) is 58.9 Å². The van der Waals surface area contributed by atoms with Gasteiger partial charge < -0.3 is 19.5 Å². The summed E-state index contributed by atoms with van der Waals surface area (Å²) in [6.45, 7) is -0.827. The van der Waals surface area contributed by atoms with Crippen LogP contribution in [0, 0.1) is 0 Å². The Bertz CT molecular complexity index is 360. The number of ether oxygens (including phenoxy) is 2. The van der Waals surface area contributed by atoms with Gasteiger partial charge in [0.2, 0.25) is 0 Å². The SMILES string of the molecule is COc1ccc(B(O)O)c(COCC(F)F)c1. The van der Waals surface area contributed by atoms with E-state index in [4.69, 9.17) is 19.5 Å². The van der Waals surface area contributed by atoms with Gasteiger partial charge in [0.05, 0.1) is 13.7 Å². The van der Waals surface area contributed by atoms with Crippen LogP contribution in [0.4, 0.5) is 8.78 Å².